The monoisotopic (exact) mass is 1110 g/mol. The van der Waals surface area contributed by atoms with Crippen LogP contribution in [0.3, 0.4) is 0 Å². The number of nitrogens with zero attached hydrogens (tertiary/aromatic N) is 8. The molecule has 0 atom stereocenters. The minimum atomic E-state index is -5.01. The average Bonchev–Trinajstić information content (AvgIpc) is 4.08. The Kier molecular flexibility index (Phi) is 17.1. The standard InChI is InChI=1S/C30H24ClF6N3O3.C23H32N6O4S/c31-21-12-13-25(43-16-17-4-6-18(7-5-17)19-8-10-20(11-9-19)29(32,33)34)22(14-21)24-2-1-3-26(39-24)40-27(30(35,36)37)23(15-38-40)28(41)42;1-5-8-20-24-16(4)21-23(30)25-22(26-29(20)21)18-15-17(9-10-19(18)33-7-3)34(31,32)28-13-11-27(6-2)12-14-28/h1-7,12-15,19-20H,8-11,16H2,(H,41,42);9-10,15H,5-8,11-14H2,1-4H3,(H,25,26,30). The Hall–Kier alpha value is -6.82. The number of aromatic nitrogens is 7. The number of likely N-dealkylation sites (N-methyl/N-ethyl adjacent to an activating group) is 1. The highest BCUT2D eigenvalue weighted by molar-refractivity contribution is 7.89. The van der Waals surface area contributed by atoms with Crippen molar-refractivity contribution in [2.24, 2.45) is 5.92 Å². The zero-order valence-corrected chi connectivity index (χ0v) is 44.0. The number of alkyl halides is 6. The summed E-state index contributed by atoms with van der Waals surface area (Å²) in [6, 6.07) is 21.2. The summed E-state index contributed by atoms with van der Waals surface area (Å²) >= 11 is 6.21. The largest absolute Gasteiger partial charge is 0.493 e. The zero-order chi connectivity index (χ0) is 55.4. The number of piperazine rings is 1. The van der Waals surface area contributed by atoms with Gasteiger partial charge in [0.25, 0.3) is 5.56 Å². The normalized spacial score (nSPS) is 16.8. The first-order valence-corrected chi connectivity index (χ1v) is 26.8. The van der Waals surface area contributed by atoms with Crippen LogP contribution in [0.4, 0.5) is 26.3 Å². The summed E-state index contributed by atoms with van der Waals surface area (Å²) in [5.74, 6) is -1.49. The first-order valence-electron chi connectivity index (χ1n) is 25.0. The second kappa shape index (κ2) is 23.4. The van der Waals surface area contributed by atoms with Crippen molar-refractivity contribution in [1.29, 1.82) is 0 Å². The Labute approximate surface area is 444 Å². The highest BCUT2D eigenvalue weighted by atomic mass is 35.5. The van der Waals surface area contributed by atoms with E-state index in [0.29, 0.717) is 108 Å². The number of hydrogen-bond donors (Lipinski definition) is 2. The van der Waals surface area contributed by atoms with Crippen LogP contribution < -0.4 is 15.0 Å². The highest BCUT2D eigenvalue weighted by Gasteiger charge is 2.42. The highest BCUT2D eigenvalue weighted by Crippen LogP contribution is 2.43. The van der Waals surface area contributed by atoms with E-state index >= 15 is 0 Å². The summed E-state index contributed by atoms with van der Waals surface area (Å²) in [6.07, 6.45) is -5.85. The molecule has 410 valence electrons. The maximum absolute atomic E-state index is 13.7. The third kappa shape index (κ3) is 12.6. The van der Waals surface area contributed by atoms with Crippen LogP contribution in [0.1, 0.15) is 97.5 Å². The predicted octanol–water partition coefficient (Wildman–Crippen LogP) is 10.8. The molecule has 16 nitrogen and oxygen atoms in total. The number of H-pyrrole nitrogens is 1. The number of nitrogens with one attached hydrogen (secondary N) is 1. The summed E-state index contributed by atoms with van der Waals surface area (Å²) in [5, 5.41) is 17.8. The lowest BCUT2D eigenvalue weighted by molar-refractivity contribution is -0.182. The number of pyridine rings is 1. The molecule has 5 heterocycles. The van der Waals surface area contributed by atoms with E-state index in [4.69, 9.17) is 21.1 Å². The van der Waals surface area contributed by atoms with E-state index in [9.17, 15) is 49.5 Å². The van der Waals surface area contributed by atoms with E-state index in [1.54, 1.807) is 53.9 Å². The van der Waals surface area contributed by atoms with Crippen LogP contribution in [0.25, 0.3) is 34.0 Å². The van der Waals surface area contributed by atoms with Crippen LogP contribution in [0, 0.1) is 12.8 Å². The second-order valence-corrected chi connectivity index (χ2v) is 21.0. The third-order valence-corrected chi connectivity index (χ3v) is 15.7. The summed E-state index contributed by atoms with van der Waals surface area (Å²) in [5.41, 5.74) is 0.969. The number of hydrogen-bond acceptors (Lipinski definition) is 11. The molecule has 7 aromatic rings. The first-order chi connectivity index (χ1) is 36.6. The lowest BCUT2D eigenvalue weighted by Crippen LogP contribution is -2.48. The van der Waals surface area contributed by atoms with Crippen molar-refractivity contribution in [3.63, 3.8) is 0 Å². The topological polar surface area (TPSA) is 190 Å². The van der Waals surface area contributed by atoms with E-state index in [0.717, 1.165) is 24.1 Å². The molecule has 0 bridgehead atoms. The molecule has 4 aromatic heterocycles. The van der Waals surface area contributed by atoms with Crippen LogP contribution in [0.15, 0.2) is 94.7 Å². The number of carbonyl (C=O) groups is 1. The Morgan fingerprint density at radius 2 is 1.55 bits per heavy atom. The maximum atomic E-state index is 13.7. The summed E-state index contributed by atoms with van der Waals surface area (Å²) in [4.78, 5) is 38.3. The van der Waals surface area contributed by atoms with Crippen molar-refractivity contribution < 1.29 is 54.1 Å². The molecule has 1 saturated carbocycles. The number of rotatable bonds is 15. The molecule has 2 N–H and O–H groups in total. The van der Waals surface area contributed by atoms with Crippen LogP contribution in [0.2, 0.25) is 5.02 Å². The van der Waals surface area contributed by atoms with E-state index in [-0.39, 0.29) is 53.2 Å². The lowest BCUT2D eigenvalue weighted by Gasteiger charge is -2.33. The molecule has 0 amide bonds. The van der Waals surface area contributed by atoms with Gasteiger partial charge in [-0.05, 0) is 118 Å². The molecule has 1 saturated heterocycles. The average molecular weight is 1110 g/mol. The van der Waals surface area contributed by atoms with Crippen molar-refractivity contribution in [1.82, 2.24) is 43.6 Å². The first kappa shape index (κ1) is 56.4. The van der Waals surface area contributed by atoms with E-state index in [2.05, 4.69) is 37.0 Å². The minimum absolute atomic E-state index is 0.0639. The molecule has 0 radical (unpaired) electrons. The van der Waals surface area contributed by atoms with Crippen molar-refractivity contribution in [3.8, 4) is 40.0 Å². The predicted molar refractivity (Wildman–Crippen MR) is 275 cm³/mol. The lowest BCUT2D eigenvalue weighted by atomic mass is 9.78. The smallest absolute Gasteiger partial charge is 0.434 e. The van der Waals surface area contributed by atoms with Gasteiger partial charge >= 0.3 is 18.3 Å². The van der Waals surface area contributed by atoms with Gasteiger partial charge in [-0.25, -0.2) is 32.4 Å². The van der Waals surface area contributed by atoms with Crippen molar-refractivity contribution >= 4 is 33.1 Å². The molecule has 77 heavy (non-hydrogen) atoms. The molecular weight excluding hydrogens is 1060 g/mol. The number of carboxylic acid groups (broad SMARTS) is 1. The van der Waals surface area contributed by atoms with Gasteiger partial charge in [-0.2, -0.15) is 35.7 Å². The number of carboxylic acids is 1. The Bertz CT molecular complexity index is 3410. The molecule has 0 spiro atoms. The Balaban J connectivity index is 0.000000209. The number of imidazole rings is 1. The van der Waals surface area contributed by atoms with Gasteiger partial charge in [0.15, 0.2) is 22.9 Å². The Morgan fingerprint density at radius 1 is 0.857 bits per heavy atom. The molecular formula is C53H56ClF6N9O7S. The van der Waals surface area contributed by atoms with Crippen molar-refractivity contribution in [3.05, 3.63) is 134 Å². The van der Waals surface area contributed by atoms with Crippen LogP contribution in [0.5, 0.6) is 11.5 Å². The van der Waals surface area contributed by atoms with Gasteiger partial charge < -0.3 is 24.5 Å². The van der Waals surface area contributed by atoms with E-state index < -0.39 is 45.5 Å². The SMILES string of the molecule is CCCc1nc(C)c2c(=O)[nH]c(-c3cc(S(=O)(=O)N4CCN(CC)CC4)ccc3OCC)nn12.O=C(O)c1cnn(-c2cccc(-c3cc(Cl)ccc3OCc3ccc(C4CCC(C(F)(F)F)CC4)cc3)n2)c1C(F)(F)F. The van der Waals surface area contributed by atoms with Gasteiger partial charge in [0, 0.05) is 43.2 Å². The molecule has 9 rings (SSSR count). The van der Waals surface area contributed by atoms with Crippen LogP contribution in [-0.2, 0) is 29.2 Å². The number of aryl methyl sites for hydroxylation is 2. The summed E-state index contributed by atoms with van der Waals surface area (Å²) < 4.78 is 122. The van der Waals surface area contributed by atoms with Gasteiger partial charge in [-0.15, -0.1) is 5.10 Å². The van der Waals surface area contributed by atoms with Crippen molar-refractivity contribution in [2.45, 2.75) is 96.0 Å². The van der Waals surface area contributed by atoms with Crippen LogP contribution in [-0.4, -0.2) is 109 Å². The number of ether oxygens (including phenoxy) is 2. The van der Waals surface area contributed by atoms with Gasteiger partial charge in [-0.1, -0.05) is 55.8 Å². The van der Waals surface area contributed by atoms with Gasteiger partial charge in [0.05, 0.1) is 40.6 Å². The summed E-state index contributed by atoms with van der Waals surface area (Å²) in [6.45, 7) is 11.4. The number of aromatic amines is 1. The summed E-state index contributed by atoms with van der Waals surface area (Å²) in [7, 11) is -3.71. The van der Waals surface area contributed by atoms with Gasteiger partial charge in [-0.3, -0.25) is 4.79 Å². The minimum Gasteiger partial charge on any atom is -0.493 e. The number of sulfonamides is 1. The molecule has 24 heteroatoms. The van der Waals surface area contributed by atoms with Crippen molar-refractivity contribution in [2.75, 3.05) is 39.3 Å². The fourth-order valence-electron chi connectivity index (χ4n) is 9.59. The number of benzene rings is 3. The quantitative estimate of drug-likeness (QED) is 0.0926. The van der Waals surface area contributed by atoms with Crippen LogP contribution >= 0.6 is 11.6 Å². The molecule has 1 aliphatic heterocycles. The van der Waals surface area contributed by atoms with E-state index in [1.807, 2.05) is 38.1 Å². The molecule has 0 unspecified atom stereocenters. The third-order valence-electron chi connectivity index (χ3n) is 13.6. The van der Waals surface area contributed by atoms with Gasteiger partial charge in [0.2, 0.25) is 10.0 Å². The number of aromatic carboxylic acids is 1. The maximum Gasteiger partial charge on any atom is 0.434 e. The van der Waals surface area contributed by atoms with Gasteiger partial charge in [0.1, 0.15) is 29.5 Å². The fourth-order valence-corrected chi connectivity index (χ4v) is 11.2. The number of fused-ring (bicyclic) bond motifs is 1. The fraction of sp³-hybridized carbons (Fsp3) is 0.396. The molecule has 3 aromatic carbocycles. The molecule has 2 aliphatic rings. The number of halogens is 7. The van der Waals surface area contributed by atoms with E-state index in [1.165, 1.54) is 16.4 Å². The Morgan fingerprint density at radius 3 is 2.18 bits per heavy atom. The second-order valence-electron chi connectivity index (χ2n) is 18.6. The molecule has 2 fully saturated rings. The zero-order valence-electron chi connectivity index (χ0n) is 42.5. The molecule has 1 aliphatic carbocycles.